The number of ether oxygens (including phenoxy) is 2. The number of hydroxylamine groups is 3. The number of hydrogen-bond donors (Lipinski definition) is 1. The Labute approximate surface area is 219 Å². The van der Waals surface area contributed by atoms with Crippen LogP contribution in [-0.2, 0) is 19.4 Å². The summed E-state index contributed by atoms with van der Waals surface area (Å²) in [5.74, 6) is 0.160. The highest BCUT2D eigenvalue weighted by Gasteiger charge is 2.53. The maximum absolute atomic E-state index is 13.5. The highest BCUT2D eigenvalue weighted by atomic mass is 32.2. The number of nitrogens with zero attached hydrogens (tertiary/aromatic N) is 4. The number of amidine groups is 1. The van der Waals surface area contributed by atoms with Crippen molar-refractivity contribution in [1.82, 2.24) is 9.80 Å². The number of piperazine rings is 1. The van der Waals surface area contributed by atoms with E-state index >= 15 is 0 Å². The van der Waals surface area contributed by atoms with Gasteiger partial charge in [-0.1, -0.05) is 4.65 Å². The predicted molar refractivity (Wildman–Crippen MR) is 137 cm³/mol. The summed E-state index contributed by atoms with van der Waals surface area (Å²) in [4.78, 5) is 27.1. The molecule has 2 aliphatic heterocycles. The number of aryl methyl sites for hydroxylation is 2. The molecule has 1 saturated heterocycles. The van der Waals surface area contributed by atoms with E-state index in [2.05, 4.69) is 21.8 Å². The smallest absolute Gasteiger partial charge is 0.497 e. The number of quaternary nitrogens is 1. The van der Waals surface area contributed by atoms with E-state index in [0.717, 1.165) is 51.9 Å². The molecule has 4 rings (SSSR count). The van der Waals surface area contributed by atoms with Gasteiger partial charge in [-0.25, -0.2) is 13.2 Å². The molecule has 1 aliphatic carbocycles. The zero-order chi connectivity index (χ0) is 27.0. The van der Waals surface area contributed by atoms with Crippen molar-refractivity contribution in [2.24, 2.45) is 4.99 Å². The van der Waals surface area contributed by atoms with Gasteiger partial charge in [0.05, 0.1) is 12.0 Å². The molecular formula is C25H39N4O7S+. The van der Waals surface area contributed by atoms with Gasteiger partial charge in [0.25, 0.3) is 0 Å². The molecule has 3 aliphatic rings. The van der Waals surface area contributed by atoms with E-state index in [0.29, 0.717) is 22.9 Å². The Kier molecular flexibility index (Phi) is 8.15. The minimum absolute atomic E-state index is 0.103. The Morgan fingerprint density at radius 1 is 1.19 bits per heavy atom. The molecule has 2 unspecified atom stereocenters. The minimum Gasteiger partial charge on any atom is -0.497 e. The molecule has 1 aromatic carbocycles. The van der Waals surface area contributed by atoms with E-state index in [1.54, 1.807) is 33.0 Å². The van der Waals surface area contributed by atoms with Gasteiger partial charge in [-0.05, 0) is 57.0 Å². The van der Waals surface area contributed by atoms with Crippen LogP contribution in [0.25, 0.3) is 0 Å². The van der Waals surface area contributed by atoms with Crippen LogP contribution >= 0.6 is 0 Å². The second-order valence-electron chi connectivity index (χ2n) is 10.5. The summed E-state index contributed by atoms with van der Waals surface area (Å²) in [6.07, 6.45) is 1.04. The lowest BCUT2D eigenvalue weighted by molar-refractivity contribution is -1.04. The Bertz CT molecular complexity index is 1130. The lowest BCUT2D eigenvalue weighted by atomic mass is 9.88. The molecule has 1 aromatic rings. The van der Waals surface area contributed by atoms with E-state index in [9.17, 15) is 18.3 Å². The number of hydrogen-bond acceptors (Lipinski definition) is 9. The molecule has 206 valence electrons. The highest BCUT2D eigenvalue weighted by Crippen LogP contribution is 2.36. The Morgan fingerprint density at radius 3 is 2.43 bits per heavy atom. The van der Waals surface area contributed by atoms with Crippen LogP contribution in [0, 0.1) is 13.8 Å². The Balaban J connectivity index is 1.55. The third kappa shape index (κ3) is 5.93. The van der Waals surface area contributed by atoms with Crippen molar-refractivity contribution in [3.8, 4) is 5.75 Å². The number of rotatable bonds is 6. The molecule has 0 bridgehead atoms. The van der Waals surface area contributed by atoms with E-state index in [-0.39, 0.29) is 21.6 Å². The number of methoxy groups -OCH3 is 1. The van der Waals surface area contributed by atoms with E-state index < -0.39 is 28.0 Å². The Hall–Kier alpha value is -2.25. The zero-order valence-corrected chi connectivity index (χ0v) is 23.2. The van der Waals surface area contributed by atoms with Gasteiger partial charge in [-0.3, -0.25) is 4.90 Å². The standard InChI is InChI=1S/C25H38N4O7S/c1-17-13-21(34-5)14-18(2)23(17)37(32,33)16-22-26-24(35-25(30)31)29(4,36-22)20-8-6-7-19(15-20)28-11-9-27(3)10-12-28/h13-14,19-20,22H,6-12,15-16H2,1-5H3/p+1/t19-,20+,22?,29?/m1/s1. The third-order valence-corrected chi connectivity index (χ3v) is 9.86. The van der Waals surface area contributed by atoms with Gasteiger partial charge in [0, 0.05) is 45.1 Å². The fraction of sp³-hybridized carbons (Fsp3) is 0.680. The molecule has 11 nitrogen and oxygen atoms in total. The average Bonchev–Trinajstić information content (AvgIpc) is 3.13. The van der Waals surface area contributed by atoms with Gasteiger partial charge in [0.15, 0.2) is 9.84 Å². The number of carbonyl (C=O) groups is 1. The molecule has 0 spiro atoms. The van der Waals surface area contributed by atoms with Crippen molar-refractivity contribution in [3.63, 3.8) is 0 Å². The lowest BCUT2D eigenvalue weighted by Crippen LogP contribution is -2.59. The molecule has 0 amide bonds. The summed E-state index contributed by atoms with van der Waals surface area (Å²) in [7, 11) is 1.58. The van der Waals surface area contributed by atoms with Crippen LogP contribution < -0.4 is 4.74 Å². The van der Waals surface area contributed by atoms with Gasteiger partial charge in [0.2, 0.25) is 6.23 Å². The maximum Gasteiger partial charge on any atom is 0.516 e. The van der Waals surface area contributed by atoms with Crippen LogP contribution in [0.4, 0.5) is 4.79 Å². The first-order valence-corrected chi connectivity index (χ1v) is 14.4. The van der Waals surface area contributed by atoms with Crippen molar-refractivity contribution in [2.45, 2.75) is 62.7 Å². The van der Waals surface area contributed by atoms with Gasteiger partial charge in [-0.15, -0.1) is 0 Å². The monoisotopic (exact) mass is 539 g/mol. The molecule has 1 saturated carbocycles. The van der Waals surface area contributed by atoms with Crippen LogP contribution in [0.15, 0.2) is 22.0 Å². The molecule has 12 heteroatoms. The van der Waals surface area contributed by atoms with Crippen molar-refractivity contribution >= 4 is 22.0 Å². The fourth-order valence-electron chi connectivity index (χ4n) is 5.96. The molecule has 0 aromatic heterocycles. The van der Waals surface area contributed by atoms with Crippen molar-refractivity contribution in [2.75, 3.05) is 53.1 Å². The van der Waals surface area contributed by atoms with Gasteiger partial charge in [-0.2, -0.15) is 9.83 Å². The summed E-state index contributed by atoms with van der Waals surface area (Å²) >= 11 is 0. The van der Waals surface area contributed by atoms with Gasteiger partial charge < -0.3 is 19.5 Å². The maximum atomic E-state index is 13.5. The zero-order valence-electron chi connectivity index (χ0n) is 22.3. The fourth-order valence-corrected chi connectivity index (χ4v) is 7.74. The number of carboxylic acid groups (broad SMARTS) is 1. The van der Waals surface area contributed by atoms with Crippen LogP contribution in [0.2, 0.25) is 0 Å². The highest BCUT2D eigenvalue weighted by molar-refractivity contribution is 7.91. The second-order valence-corrected chi connectivity index (χ2v) is 12.5. The SMILES string of the molecule is COc1cc(C)c(S(=O)(=O)CC2N=C(OC(=O)O)[N+](C)([C@H]3CCC[C@@H](N4CCN(C)CC4)C3)O2)c(C)c1. The van der Waals surface area contributed by atoms with Crippen molar-refractivity contribution in [3.05, 3.63) is 23.3 Å². The first-order chi connectivity index (χ1) is 17.4. The normalized spacial score (nSPS) is 29.6. The van der Waals surface area contributed by atoms with E-state index in [4.69, 9.17) is 14.3 Å². The molecule has 2 fully saturated rings. The summed E-state index contributed by atoms with van der Waals surface area (Å²) in [6.45, 7) is 7.46. The summed E-state index contributed by atoms with van der Waals surface area (Å²) in [5, 5.41) is 9.39. The molecule has 1 N–H and O–H groups in total. The average molecular weight is 540 g/mol. The minimum atomic E-state index is -3.81. The van der Waals surface area contributed by atoms with Crippen LogP contribution in [0.5, 0.6) is 5.75 Å². The van der Waals surface area contributed by atoms with Crippen LogP contribution in [0.1, 0.15) is 36.8 Å². The van der Waals surface area contributed by atoms with Crippen LogP contribution in [-0.4, -0.2) is 112 Å². The first kappa shape index (κ1) is 27.8. The van der Waals surface area contributed by atoms with Crippen molar-refractivity contribution in [1.29, 1.82) is 0 Å². The molecule has 4 atom stereocenters. The summed E-state index contributed by atoms with van der Waals surface area (Å²) < 4.78 is 37.0. The van der Waals surface area contributed by atoms with E-state index in [1.807, 2.05) is 0 Å². The quantitative estimate of drug-likeness (QED) is 0.429. The number of aliphatic imine (C=N–C) groups is 1. The molecule has 2 heterocycles. The third-order valence-electron chi connectivity index (χ3n) is 7.87. The number of benzene rings is 1. The van der Waals surface area contributed by atoms with Gasteiger partial charge in [0.1, 0.15) is 24.6 Å². The number of likely N-dealkylation sites (N-methyl/N-ethyl adjacent to an activating group) is 1. The summed E-state index contributed by atoms with van der Waals surface area (Å²) in [5.41, 5.74) is 1.14. The van der Waals surface area contributed by atoms with Crippen molar-refractivity contribution < 1.29 is 37.3 Å². The number of sulfone groups is 1. The first-order valence-electron chi connectivity index (χ1n) is 12.8. The second kappa shape index (κ2) is 10.9. The van der Waals surface area contributed by atoms with Gasteiger partial charge >= 0.3 is 12.2 Å². The Morgan fingerprint density at radius 2 is 1.84 bits per heavy atom. The molecular weight excluding hydrogens is 500 g/mol. The molecule has 0 radical (unpaired) electrons. The largest absolute Gasteiger partial charge is 0.516 e. The van der Waals surface area contributed by atoms with E-state index in [1.165, 1.54) is 7.11 Å². The summed E-state index contributed by atoms with van der Waals surface area (Å²) in [6, 6.07) is 3.49. The topological polar surface area (TPSA) is 118 Å². The lowest BCUT2D eigenvalue weighted by Gasteiger charge is -2.43. The molecule has 37 heavy (non-hydrogen) atoms. The van der Waals surface area contributed by atoms with Crippen LogP contribution in [0.3, 0.4) is 0 Å². The predicted octanol–water partition coefficient (Wildman–Crippen LogP) is 2.41.